The molecule has 0 bridgehead atoms. The van der Waals surface area contributed by atoms with Gasteiger partial charge in [-0.05, 0) is 5.56 Å². The first-order valence-electron chi connectivity index (χ1n) is 6.98. The van der Waals surface area contributed by atoms with E-state index in [2.05, 4.69) is 15.0 Å². The van der Waals surface area contributed by atoms with E-state index in [0.29, 0.717) is 31.0 Å². The van der Waals surface area contributed by atoms with Crippen molar-refractivity contribution in [2.75, 3.05) is 5.06 Å². The zero-order valence-corrected chi connectivity index (χ0v) is 11.7. The zero-order chi connectivity index (χ0) is 14.9. The average molecular weight is 295 g/mol. The van der Waals surface area contributed by atoms with Crippen LogP contribution >= 0.6 is 0 Å². The molecule has 1 aromatic carbocycles. The molecule has 0 fully saturated rings. The number of amides is 1. The van der Waals surface area contributed by atoms with E-state index in [-0.39, 0.29) is 5.91 Å². The third-order valence-corrected chi connectivity index (χ3v) is 3.58. The molecule has 7 heteroatoms. The number of aryl methyl sites for hydroxylation is 1. The minimum atomic E-state index is -0.125. The summed E-state index contributed by atoms with van der Waals surface area (Å²) in [6.07, 6.45) is 3.40. The molecule has 1 aliphatic rings. The number of hydrogen-bond donors (Lipinski definition) is 0. The van der Waals surface area contributed by atoms with Crippen LogP contribution in [-0.4, -0.2) is 25.4 Å². The topological polar surface area (TPSA) is 73.1 Å². The van der Waals surface area contributed by atoms with Crippen LogP contribution in [0.1, 0.15) is 12.0 Å². The Morgan fingerprint density at radius 1 is 1.14 bits per heavy atom. The summed E-state index contributed by atoms with van der Waals surface area (Å²) in [6.45, 7) is 0.840. The summed E-state index contributed by atoms with van der Waals surface area (Å²) in [5, 5.41) is 1.27. The molecule has 0 unspecified atom stereocenters. The van der Waals surface area contributed by atoms with E-state index in [4.69, 9.17) is 4.84 Å². The highest BCUT2D eigenvalue weighted by molar-refractivity contribution is 5.98. The maximum absolute atomic E-state index is 12.3. The predicted molar refractivity (Wildman–Crippen MR) is 78.7 cm³/mol. The lowest BCUT2D eigenvalue weighted by Gasteiger charge is -2.19. The van der Waals surface area contributed by atoms with Gasteiger partial charge < -0.3 is 4.57 Å². The summed E-state index contributed by atoms with van der Waals surface area (Å²) in [5.41, 5.74) is 2.27. The first-order valence-corrected chi connectivity index (χ1v) is 6.98. The van der Waals surface area contributed by atoms with Crippen LogP contribution in [0.2, 0.25) is 0 Å². The van der Waals surface area contributed by atoms with Gasteiger partial charge in [-0.1, -0.05) is 30.3 Å². The van der Waals surface area contributed by atoms with Gasteiger partial charge in [0.25, 0.3) is 5.91 Å². The summed E-state index contributed by atoms with van der Waals surface area (Å²) in [6, 6.07) is 9.69. The molecule has 110 valence electrons. The van der Waals surface area contributed by atoms with Crippen molar-refractivity contribution in [1.29, 1.82) is 0 Å². The van der Waals surface area contributed by atoms with Crippen molar-refractivity contribution in [2.24, 2.45) is 0 Å². The van der Waals surface area contributed by atoms with Crippen LogP contribution in [0.4, 0.5) is 5.82 Å². The SMILES string of the molecule is O=C1CCn2cnc3ncnc(c32)N1OCc1ccccc1. The number of imidazole rings is 1. The second-order valence-electron chi connectivity index (χ2n) is 5.00. The Bertz CT molecular complexity index is 830. The predicted octanol–water partition coefficient (Wildman–Crippen LogP) is 1.69. The van der Waals surface area contributed by atoms with Crippen molar-refractivity contribution in [2.45, 2.75) is 19.6 Å². The van der Waals surface area contributed by atoms with E-state index < -0.39 is 0 Å². The Kier molecular flexibility index (Phi) is 3.05. The van der Waals surface area contributed by atoms with Gasteiger partial charge in [0.2, 0.25) is 0 Å². The van der Waals surface area contributed by atoms with Crippen molar-refractivity contribution >= 4 is 22.9 Å². The fourth-order valence-corrected chi connectivity index (χ4v) is 2.49. The van der Waals surface area contributed by atoms with E-state index in [0.717, 1.165) is 11.1 Å². The van der Waals surface area contributed by atoms with E-state index in [1.54, 1.807) is 6.33 Å². The van der Waals surface area contributed by atoms with Crippen LogP contribution in [0.3, 0.4) is 0 Å². The number of hydrogen-bond acceptors (Lipinski definition) is 5. The molecular formula is C15H13N5O2. The van der Waals surface area contributed by atoms with E-state index >= 15 is 0 Å². The molecule has 0 saturated heterocycles. The maximum atomic E-state index is 12.3. The van der Waals surface area contributed by atoms with Crippen LogP contribution in [0.25, 0.3) is 11.2 Å². The Morgan fingerprint density at radius 3 is 2.86 bits per heavy atom. The monoisotopic (exact) mass is 295 g/mol. The number of nitrogens with zero attached hydrogens (tertiary/aromatic N) is 5. The van der Waals surface area contributed by atoms with Gasteiger partial charge in [0.15, 0.2) is 11.5 Å². The molecule has 0 N–H and O–H groups in total. The maximum Gasteiger partial charge on any atom is 0.254 e. The largest absolute Gasteiger partial charge is 0.326 e. The molecule has 3 aromatic rings. The van der Waals surface area contributed by atoms with Gasteiger partial charge in [-0.3, -0.25) is 9.63 Å². The lowest BCUT2D eigenvalue weighted by atomic mass is 10.2. The van der Waals surface area contributed by atoms with Crippen molar-refractivity contribution in [1.82, 2.24) is 19.5 Å². The Labute approximate surface area is 126 Å². The quantitative estimate of drug-likeness (QED) is 0.735. The zero-order valence-electron chi connectivity index (χ0n) is 11.7. The molecule has 0 spiro atoms. The second kappa shape index (κ2) is 5.19. The van der Waals surface area contributed by atoms with E-state index in [1.165, 1.54) is 11.4 Å². The summed E-state index contributed by atoms with van der Waals surface area (Å²) in [4.78, 5) is 30.7. The van der Waals surface area contributed by atoms with Crippen LogP contribution in [0.5, 0.6) is 0 Å². The third kappa shape index (κ3) is 2.11. The molecule has 1 aliphatic heterocycles. The number of aromatic nitrogens is 4. The fraction of sp³-hybridized carbons (Fsp3) is 0.200. The van der Waals surface area contributed by atoms with Gasteiger partial charge in [0, 0.05) is 13.0 Å². The summed E-state index contributed by atoms with van der Waals surface area (Å²) < 4.78 is 1.88. The first kappa shape index (κ1) is 12.9. The molecule has 0 aliphatic carbocycles. The highest BCUT2D eigenvalue weighted by Crippen LogP contribution is 2.26. The number of benzene rings is 1. The van der Waals surface area contributed by atoms with Crippen LogP contribution < -0.4 is 5.06 Å². The van der Waals surface area contributed by atoms with Crippen molar-refractivity contribution < 1.29 is 9.63 Å². The van der Waals surface area contributed by atoms with E-state index in [1.807, 2.05) is 34.9 Å². The lowest BCUT2D eigenvalue weighted by molar-refractivity contribution is -0.126. The molecule has 0 saturated carbocycles. The lowest BCUT2D eigenvalue weighted by Crippen LogP contribution is -2.31. The molecule has 3 heterocycles. The summed E-state index contributed by atoms with van der Waals surface area (Å²) >= 11 is 0. The van der Waals surface area contributed by atoms with Gasteiger partial charge in [0.1, 0.15) is 18.5 Å². The second-order valence-corrected chi connectivity index (χ2v) is 5.00. The smallest absolute Gasteiger partial charge is 0.254 e. The minimum Gasteiger partial charge on any atom is -0.326 e. The summed E-state index contributed by atoms with van der Waals surface area (Å²) in [5.74, 6) is 0.320. The molecule has 2 aromatic heterocycles. The Hall–Kier alpha value is -2.80. The molecule has 4 rings (SSSR count). The van der Waals surface area contributed by atoms with Crippen molar-refractivity contribution in [3.63, 3.8) is 0 Å². The molecule has 22 heavy (non-hydrogen) atoms. The van der Waals surface area contributed by atoms with Gasteiger partial charge in [-0.2, -0.15) is 5.06 Å². The van der Waals surface area contributed by atoms with Crippen molar-refractivity contribution in [3.05, 3.63) is 48.5 Å². The molecule has 1 amide bonds. The molecule has 0 radical (unpaired) electrons. The number of carbonyl (C=O) groups excluding carboxylic acids is 1. The van der Waals surface area contributed by atoms with Gasteiger partial charge in [-0.25, -0.2) is 15.0 Å². The minimum absolute atomic E-state index is 0.125. The number of hydroxylamine groups is 1. The van der Waals surface area contributed by atoms with Crippen LogP contribution in [0.15, 0.2) is 43.0 Å². The summed E-state index contributed by atoms with van der Waals surface area (Å²) in [7, 11) is 0. The van der Waals surface area contributed by atoms with Gasteiger partial charge in [0.05, 0.1) is 6.33 Å². The highest BCUT2D eigenvalue weighted by Gasteiger charge is 2.26. The molecule has 0 atom stereocenters. The Morgan fingerprint density at radius 2 is 2.00 bits per heavy atom. The van der Waals surface area contributed by atoms with E-state index in [9.17, 15) is 4.79 Å². The van der Waals surface area contributed by atoms with Crippen LogP contribution in [0, 0.1) is 0 Å². The first-order chi connectivity index (χ1) is 10.8. The average Bonchev–Trinajstić information content (AvgIpc) is 2.92. The van der Waals surface area contributed by atoms with Crippen LogP contribution in [-0.2, 0) is 22.8 Å². The number of anilines is 1. The standard InChI is InChI=1S/C15H13N5O2/c21-12-6-7-19-10-18-14-13(19)15(17-9-16-14)20(12)22-8-11-4-2-1-3-5-11/h1-5,9-10H,6-8H2. The highest BCUT2D eigenvalue weighted by atomic mass is 16.7. The molecule has 7 nitrogen and oxygen atoms in total. The normalized spacial score (nSPS) is 14.4. The number of rotatable bonds is 3. The van der Waals surface area contributed by atoms with Gasteiger partial charge in [-0.15, -0.1) is 0 Å². The Balaban J connectivity index is 1.70. The van der Waals surface area contributed by atoms with Crippen molar-refractivity contribution in [3.8, 4) is 0 Å². The number of carbonyl (C=O) groups is 1. The fourth-order valence-electron chi connectivity index (χ4n) is 2.49. The third-order valence-electron chi connectivity index (χ3n) is 3.58. The van der Waals surface area contributed by atoms with Gasteiger partial charge >= 0.3 is 0 Å². The molecular weight excluding hydrogens is 282 g/mol.